The largest absolute Gasteiger partial charge is 0.457 e. The predicted molar refractivity (Wildman–Crippen MR) is 66.8 cm³/mol. The number of nitrogen functional groups attached to an aromatic ring is 2. The first kappa shape index (κ1) is 10.6. The van der Waals surface area contributed by atoms with Crippen molar-refractivity contribution < 1.29 is 4.74 Å². The molecule has 0 atom stereocenters. The van der Waals surface area contributed by atoms with Crippen LogP contribution in [0, 0.1) is 0 Å². The van der Waals surface area contributed by atoms with Crippen LogP contribution < -0.4 is 16.2 Å². The molecule has 0 unspecified atom stereocenters. The van der Waals surface area contributed by atoms with Crippen molar-refractivity contribution in [3.63, 3.8) is 0 Å². The topological polar surface area (TPSA) is 61.3 Å². The van der Waals surface area contributed by atoms with Crippen LogP contribution in [0.25, 0.3) is 0 Å². The van der Waals surface area contributed by atoms with Crippen molar-refractivity contribution in [2.24, 2.45) is 0 Å². The lowest BCUT2D eigenvalue weighted by Gasteiger charge is -2.07. The van der Waals surface area contributed by atoms with Gasteiger partial charge < -0.3 is 16.2 Å². The minimum Gasteiger partial charge on any atom is -0.457 e. The van der Waals surface area contributed by atoms with Gasteiger partial charge in [-0.25, -0.2) is 0 Å². The summed E-state index contributed by atoms with van der Waals surface area (Å²) in [5, 5.41) is 0.474. The van der Waals surface area contributed by atoms with Crippen LogP contribution in [-0.4, -0.2) is 0 Å². The monoisotopic (exact) mass is 234 g/mol. The molecule has 0 aliphatic rings. The third-order valence-electron chi connectivity index (χ3n) is 2.07. The zero-order valence-corrected chi connectivity index (χ0v) is 9.24. The predicted octanol–water partition coefficient (Wildman–Crippen LogP) is 3.30. The molecule has 4 heteroatoms. The highest BCUT2D eigenvalue weighted by Crippen LogP contribution is 2.28. The Bertz CT molecular complexity index is 514. The van der Waals surface area contributed by atoms with E-state index in [0.717, 1.165) is 0 Å². The Morgan fingerprint density at radius 1 is 0.938 bits per heavy atom. The van der Waals surface area contributed by atoms with E-state index in [1.165, 1.54) is 0 Å². The maximum Gasteiger partial charge on any atom is 0.129 e. The van der Waals surface area contributed by atoms with E-state index < -0.39 is 0 Å². The highest BCUT2D eigenvalue weighted by molar-refractivity contribution is 6.33. The molecule has 82 valence electrons. The smallest absolute Gasteiger partial charge is 0.129 e. The number of ether oxygens (including phenoxy) is 1. The SMILES string of the molecule is Nc1cccc(Oc2ccc(N)c(Cl)c2)c1. The average molecular weight is 235 g/mol. The molecular weight excluding hydrogens is 224 g/mol. The van der Waals surface area contributed by atoms with Crippen molar-refractivity contribution in [2.75, 3.05) is 11.5 Å². The van der Waals surface area contributed by atoms with Gasteiger partial charge in [0.05, 0.1) is 10.7 Å². The second-order valence-electron chi connectivity index (χ2n) is 3.36. The highest BCUT2D eigenvalue weighted by atomic mass is 35.5. The summed E-state index contributed by atoms with van der Waals surface area (Å²) in [5.74, 6) is 1.30. The molecule has 3 nitrogen and oxygen atoms in total. The molecule has 2 aromatic carbocycles. The first-order valence-corrected chi connectivity index (χ1v) is 5.11. The summed E-state index contributed by atoms with van der Waals surface area (Å²) in [6.07, 6.45) is 0. The molecule has 0 aliphatic carbocycles. The number of anilines is 2. The summed E-state index contributed by atoms with van der Waals surface area (Å²) in [4.78, 5) is 0. The fourth-order valence-corrected chi connectivity index (χ4v) is 1.46. The molecule has 0 radical (unpaired) electrons. The third-order valence-corrected chi connectivity index (χ3v) is 2.39. The number of halogens is 1. The minimum absolute atomic E-state index is 0.474. The molecule has 0 bridgehead atoms. The molecule has 0 aliphatic heterocycles. The van der Waals surface area contributed by atoms with E-state index >= 15 is 0 Å². The van der Waals surface area contributed by atoms with Crippen LogP contribution in [0.4, 0.5) is 11.4 Å². The molecule has 2 rings (SSSR count). The lowest BCUT2D eigenvalue weighted by Crippen LogP contribution is -1.89. The van der Waals surface area contributed by atoms with Crippen LogP contribution in [0.5, 0.6) is 11.5 Å². The minimum atomic E-state index is 0.474. The quantitative estimate of drug-likeness (QED) is 0.784. The Labute approximate surface area is 98.6 Å². The van der Waals surface area contributed by atoms with Gasteiger partial charge in [-0.1, -0.05) is 17.7 Å². The number of benzene rings is 2. The molecule has 0 saturated heterocycles. The zero-order valence-electron chi connectivity index (χ0n) is 8.48. The molecule has 0 spiro atoms. The standard InChI is InChI=1S/C12H11ClN2O/c13-11-7-10(4-5-12(11)15)16-9-3-1-2-8(14)6-9/h1-7H,14-15H2. The van der Waals surface area contributed by atoms with Gasteiger partial charge in [-0.3, -0.25) is 0 Å². The second-order valence-corrected chi connectivity index (χ2v) is 3.77. The van der Waals surface area contributed by atoms with Crippen LogP contribution in [0.1, 0.15) is 0 Å². The molecule has 16 heavy (non-hydrogen) atoms. The summed E-state index contributed by atoms with van der Waals surface area (Å²) < 4.78 is 5.57. The van der Waals surface area contributed by atoms with Crippen LogP contribution >= 0.6 is 11.6 Å². The van der Waals surface area contributed by atoms with Gasteiger partial charge >= 0.3 is 0 Å². The molecule has 0 aromatic heterocycles. The van der Waals surface area contributed by atoms with Crippen molar-refractivity contribution in [2.45, 2.75) is 0 Å². The molecule has 0 amide bonds. The van der Waals surface area contributed by atoms with E-state index in [0.29, 0.717) is 27.9 Å². The molecule has 4 N–H and O–H groups in total. The first-order valence-electron chi connectivity index (χ1n) is 4.73. The van der Waals surface area contributed by atoms with Gasteiger partial charge in [-0.05, 0) is 24.3 Å². The van der Waals surface area contributed by atoms with Gasteiger partial charge in [0, 0.05) is 17.8 Å². The lowest BCUT2D eigenvalue weighted by molar-refractivity contribution is 0.483. The Hall–Kier alpha value is -1.87. The summed E-state index contributed by atoms with van der Waals surface area (Å²) in [7, 11) is 0. The van der Waals surface area contributed by atoms with E-state index in [9.17, 15) is 0 Å². The number of nitrogens with two attached hydrogens (primary N) is 2. The summed E-state index contributed by atoms with van der Waals surface area (Å²) in [5.41, 5.74) is 12.4. The summed E-state index contributed by atoms with van der Waals surface area (Å²) in [6.45, 7) is 0. The third kappa shape index (κ3) is 2.38. The van der Waals surface area contributed by atoms with Gasteiger partial charge in [-0.15, -0.1) is 0 Å². The Balaban J connectivity index is 2.24. The van der Waals surface area contributed by atoms with E-state index in [-0.39, 0.29) is 0 Å². The fourth-order valence-electron chi connectivity index (χ4n) is 1.29. The fraction of sp³-hybridized carbons (Fsp3) is 0. The van der Waals surface area contributed by atoms with Crippen LogP contribution in [0.2, 0.25) is 5.02 Å². The lowest BCUT2D eigenvalue weighted by atomic mass is 10.3. The van der Waals surface area contributed by atoms with Crippen LogP contribution in [-0.2, 0) is 0 Å². The van der Waals surface area contributed by atoms with E-state index in [2.05, 4.69) is 0 Å². The maximum absolute atomic E-state index is 5.88. The van der Waals surface area contributed by atoms with E-state index in [1.807, 2.05) is 12.1 Å². The van der Waals surface area contributed by atoms with Crippen LogP contribution in [0.3, 0.4) is 0 Å². The van der Waals surface area contributed by atoms with Crippen molar-refractivity contribution >= 4 is 23.0 Å². The number of hydrogen-bond donors (Lipinski definition) is 2. The molecule has 0 heterocycles. The number of hydrogen-bond acceptors (Lipinski definition) is 3. The van der Waals surface area contributed by atoms with Crippen molar-refractivity contribution in [3.05, 3.63) is 47.5 Å². The van der Waals surface area contributed by atoms with Crippen molar-refractivity contribution in [1.29, 1.82) is 0 Å². The van der Waals surface area contributed by atoms with Gasteiger partial charge in [0.15, 0.2) is 0 Å². The Morgan fingerprint density at radius 2 is 1.69 bits per heavy atom. The van der Waals surface area contributed by atoms with Crippen LogP contribution in [0.15, 0.2) is 42.5 Å². The highest BCUT2D eigenvalue weighted by Gasteiger charge is 2.01. The molecule has 2 aromatic rings. The zero-order chi connectivity index (χ0) is 11.5. The normalized spacial score (nSPS) is 10.1. The molecule has 0 saturated carbocycles. The van der Waals surface area contributed by atoms with Gasteiger partial charge in [0.2, 0.25) is 0 Å². The van der Waals surface area contributed by atoms with Gasteiger partial charge in [-0.2, -0.15) is 0 Å². The first-order chi connectivity index (χ1) is 7.65. The second kappa shape index (κ2) is 4.33. The molecule has 0 fully saturated rings. The van der Waals surface area contributed by atoms with E-state index in [4.69, 9.17) is 27.8 Å². The van der Waals surface area contributed by atoms with Crippen molar-refractivity contribution in [1.82, 2.24) is 0 Å². The average Bonchev–Trinajstić information content (AvgIpc) is 2.24. The molecular formula is C12H11ClN2O. The van der Waals surface area contributed by atoms with Crippen molar-refractivity contribution in [3.8, 4) is 11.5 Å². The Morgan fingerprint density at radius 3 is 2.38 bits per heavy atom. The maximum atomic E-state index is 5.88. The van der Waals surface area contributed by atoms with Gasteiger partial charge in [0.25, 0.3) is 0 Å². The summed E-state index contributed by atoms with van der Waals surface area (Å²) in [6, 6.07) is 12.3. The number of rotatable bonds is 2. The summed E-state index contributed by atoms with van der Waals surface area (Å²) >= 11 is 5.88. The Kier molecular flexibility index (Phi) is 2.88. The van der Waals surface area contributed by atoms with Gasteiger partial charge in [0.1, 0.15) is 11.5 Å². The van der Waals surface area contributed by atoms with E-state index in [1.54, 1.807) is 30.3 Å².